The van der Waals surface area contributed by atoms with Gasteiger partial charge in [0, 0.05) is 51.5 Å². The van der Waals surface area contributed by atoms with Crippen LogP contribution in [-0.4, -0.2) is 85.4 Å². The number of halogens is 3. The molecule has 14 nitrogen and oxygen atoms in total. The Kier molecular flexibility index (Phi) is 18.3. The summed E-state index contributed by atoms with van der Waals surface area (Å²) in [5.74, 6) is -2.78. The van der Waals surface area contributed by atoms with Gasteiger partial charge in [-0.2, -0.15) is 13.2 Å². The largest absolute Gasteiger partial charge is 1.00 e. The van der Waals surface area contributed by atoms with Crippen molar-refractivity contribution in [1.29, 1.82) is 0 Å². The van der Waals surface area contributed by atoms with Gasteiger partial charge in [0.15, 0.2) is 0 Å². The van der Waals surface area contributed by atoms with Crippen molar-refractivity contribution >= 4 is 43.1 Å². The standard InChI is InChI=1S/C25H35F3N4O4.C6H9BO6.Na/c1-24(2,36-23(29)35)13-16-6-8-20(9-7-16)32-11-10-19(15-32)31-21(33)14-30-22(34)17-4-3-5-18(12-17)25(26,27)28;1-4(8)11-7(12-5(2)9)13-6(3)10;/h3-5,12,16,19-20H,6-11,13-15H2,1-2H3,(H2,29,35)(H,30,34)(H,31,33);1-3H3;/q;-1;+1/t16?,19-,20?;;/m1../s1. The van der Waals surface area contributed by atoms with Crippen molar-refractivity contribution in [3.05, 3.63) is 35.4 Å². The summed E-state index contributed by atoms with van der Waals surface area (Å²) in [7, 11) is -1.59. The number of carbonyl (C=O) groups is 6. The van der Waals surface area contributed by atoms with Crippen molar-refractivity contribution in [2.75, 3.05) is 19.6 Å². The summed E-state index contributed by atoms with van der Waals surface area (Å²) in [5.41, 5.74) is 3.52. The molecule has 0 aromatic heterocycles. The van der Waals surface area contributed by atoms with Crippen molar-refractivity contribution in [3.8, 4) is 0 Å². The van der Waals surface area contributed by atoms with Gasteiger partial charge < -0.3 is 35.1 Å². The van der Waals surface area contributed by atoms with E-state index in [0.717, 1.165) is 90.6 Å². The summed E-state index contributed by atoms with van der Waals surface area (Å²) in [6.45, 7) is 8.32. The maximum Gasteiger partial charge on any atom is 1.00 e. The van der Waals surface area contributed by atoms with Crippen LogP contribution in [0.1, 0.15) is 89.1 Å². The Bertz CT molecular complexity index is 1310. The second-order valence-corrected chi connectivity index (χ2v) is 12.5. The first kappa shape index (κ1) is 44.7. The van der Waals surface area contributed by atoms with Crippen molar-refractivity contribution in [1.82, 2.24) is 15.5 Å². The van der Waals surface area contributed by atoms with Gasteiger partial charge in [0.25, 0.3) is 23.8 Å². The van der Waals surface area contributed by atoms with Crippen LogP contribution < -0.4 is 45.9 Å². The molecular weight excluding hydrogens is 679 g/mol. The molecular formula is C31H44BF3N4NaO10. The number of hydrogen-bond acceptors (Lipinski definition) is 11. The third kappa shape index (κ3) is 17.0. The number of likely N-dealkylation sites (tertiary alicyclic amines) is 1. The molecule has 1 atom stereocenters. The van der Waals surface area contributed by atoms with Gasteiger partial charge in [0.1, 0.15) is 5.60 Å². The van der Waals surface area contributed by atoms with E-state index in [0.29, 0.717) is 12.0 Å². The summed E-state index contributed by atoms with van der Waals surface area (Å²) in [6, 6.07) is 4.49. The number of alkyl halides is 3. The molecule has 0 unspecified atom stereocenters. The number of nitrogens with one attached hydrogen (secondary N) is 2. The van der Waals surface area contributed by atoms with Gasteiger partial charge in [-0.25, -0.2) is 4.79 Å². The second-order valence-electron chi connectivity index (χ2n) is 12.5. The SMILES string of the molecule is CC(=O)O[B-](OC(C)=O)OC(C)=O.CC(C)(CC1CCC(N2CC[C@@H](NC(=O)CNC(=O)c3cccc(C(F)(F)F)c3)C2)CC1)OC(N)=O.[Na+]. The van der Waals surface area contributed by atoms with Crippen LogP contribution in [0, 0.1) is 5.92 Å². The van der Waals surface area contributed by atoms with Crippen LogP contribution in [0.5, 0.6) is 0 Å². The molecule has 1 aliphatic carbocycles. The number of carbonyl (C=O) groups excluding carboxylic acids is 6. The molecule has 1 aromatic carbocycles. The van der Waals surface area contributed by atoms with Crippen LogP contribution in [0.2, 0.25) is 0 Å². The van der Waals surface area contributed by atoms with Gasteiger partial charge in [0.2, 0.25) is 5.91 Å². The summed E-state index contributed by atoms with van der Waals surface area (Å²) < 4.78 is 56.8. The molecule has 0 bridgehead atoms. The van der Waals surface area contributed by atoms with Crippen molar-refractivity contribution in [3.63, 3.8) is 0 Å². The topological polar surface area (TPSA) is 193 Å². The van der Waals surface area contributed by atoms with E-state index >= 15 is 0 Å². The van der Waals surface area contributed by atoms with E-state index in [1.54, 1.807) is 0 Å². The van der Waals surface area contributed by atoms with Gasteiger partial charge in [-0.15, -0.1) is 0 Å². The number of nitrogens with zero attached hydrogens (tertiary/aromatic N) is 1. The third-order valence-corrected chi connectivity index (χ3v) is 7.72. The molecule has 1 aliphatic heterocycles. The van der Waals surface area contributed by atoms with E-state index in [1.807, 2.05) is 13.8 Å². The predicted octanol–water partition coefficient (Wildman–Crippen LogP) is 0.113. The number of benzene rings is 1. The number of hydrogen-bond donors (Lipinski definition) is 3. The predicted molar refractivity (Wildman–Crippen MR) is 168 cm³/mol. The second kappa shape index (κ2) is 20.5. The molecule has 1 radical (unpaired) electrons. The first-order valence-corrected chi connectivity index (χ1v) is 15.7. The minimum Gasteiger partial charge on any atom is -0.642 e. The Morgan fingerprint density at radius 1 is 0.920 bits per heavy atom. The monoisotopic (exact) mass is 723 g/mol. The Balaban J connectivity index is 0.000000760. The Hall–Kier alpha value is -3.35. The fourth-order valence-corrected chi connectivity index (χ4v) is 5.82. The molecule has 3 rings (SSSR count). The summed E-state index contributed by atoms with van der Waals surface area (Å²) in [5, 5.41) is 5.30. The van der Waals surface area contributed by atoms with Gasteiger partial charge in [-0.1, -0.05) is 6.07 Å². The number of rotatable bonds is 11. The molecule has 273 valence electrons. The minimum absolute atomic E-state index is 0. The van der Waals surface area contributed by atoms with Crippen LogP contribution in [0.4, 0.5) is 18.0 Å². The zero-order chi connectivity index (χ0) is 36.9. The Morgan fingerprint density at radius 3 is 1.98 bits per heavy atom. The fourth-order valence-electron chi connectivity index (χ4n) is 5.82. The summed E-state index contributed by atoms with van der Waals surface area (Å²) in [6.07, 6.45) is 0.401. The molecule has 19 heteroatoms. The first-order valence-electron chi connectivity index (χ1n) is 15.7. The molecule has 2 aliphatic rings. The number of amides is 3. The molecule has 1 saturated carbocycles. The first-order chi connectivity index (χ1) is 22.7. The molecule has 1 saturated heterocycles. The molecule has 1 aromatic rings. The van der Waals surface area contributed by atoms with E-state index in [2.05, 4.69) is 29.5 Å². The van der Waals surface area contributed by atoms with E-state index in [9.17, 15) is 41.9 Å². The smallest absolute Gasteiger partial charge is 0.642 e. The van der Waals surface area contributed by atoms with Crippen LogP contribution in [-0.2, 0) is 44.1 Å². The van der Waals surface area contributed by atoms with E-state index < -0.39 is 54.6 Å². The minimum atomic E-state index is -4.54. The van der Waals surface area contributed by atoms with E-state index in [4.69, 9.17) is 10.5 Å². The van der Waals surface area contributed by atoms with Gasteiger partial charge in [-0.3, -0.25) is 28.9 Å². The zero-order valence-electron chi connectivity index (χ0n) is 29.2. The Morgan fingerprint density at radius 2 is 1.48 bits per heavy atom. The average molecular weight is 724 g/mol. The van der Waals surface area contributed by atoms with Crippen LogP contribution in [0.3, 0.4) is 0 Å². The van der Waals surface area contributed by atoms with Gasteiger partial charge in [0.05, 0.1) is 12.1 Å². The van der Waals surface area contributed by atoms with Gasteiger partial charge >= 0.3 is 49.1 Å². The fraction of sp³-hybridized carbons (Fsp3) is 0.613. The van der Waals surface area contributed by atoms with Crippen LogP contribution >= 0.6 is 0 Å². The van der Waals surface area contributed by atoms with E-state index in [-0.39, 0.29) is 53.6 Å². The van der Waals surface area contributed by atoms with Crippen molar-refractivity contribution in [2.24, 2.45) is 11.7 Å². The molecule has 50 heavy (non-hydrogen) atoms. The van der Waals surface area contributed by atoms with Crippen LogP contribution in [0.25, 0.3) is 0 Å². The normalized spacial score (nSPS) is 19.1. The molecule has 4 N–H and O–H groups in total. The number of primary amides is 1. The van der Waals surface area contributed by atoms with Crippen molar-refractivity contribution < 1.29 is 90.2 Å². The average Bonchev–Trinajstić information content (AvgIpc) is 3.42. The zero-order valence-corrected chi connectivity index (χ0v) is 31.2. The maximum absolute atomic E-state index is 12.8. The Labute approximate surface area is 311 Å². The molecule has 3 amide bonds. The third-order valence-electron chi connectivity index (χ3n) is 7.72. The number of ether oxygens (including phenoxy) is 1. The summed E-state index contributed by atoms with van der Waals surface area (Å²) >= 11 is 0. The molecule has 1 heterocycles. The van der Waals surface area contributed by atoms with E-state index in [1.165, 1.54) is 6.07 Å². The summed E-state index contributed by atoms with van der Waals surface area (Å²) in [4.78, 5) is 69.2. The van der Waals surface area contributed by atoms with Crippen LogP contribution in [0.15, 0.2) is 24.3 Å². The maximum atomic E-state index is 12.8. The number of nitrogens with two attached hydrogens (primary N) is 1. The molecule has 2 fully saturated rings. The molecule has 0 spiro atoms. The van der Waals surface area contributed by atoms with Gasteiger partial charge in [-0.05, 0) is 76.5 Å². The quantitative estimate of drug-likeness (QED) is 0.263. The van der Waals surface area contributed by atoms with Crippen molar-refractivity contribution in [2.45, 2.75) is 97.0 Å².